The highest BCUT2D eigenvalue weighted by atomic mass is 14.4. The van der Waals surface area contributed by atoms with Crippen LogP contribution in [0.1, 0.15) is 54.9 Å². The second-order valence-corrected chi connectivity index (χ2v) is 6.29. The maximum absolute atomic E-state index is 4.05. The van der Waals surface area contributed by atoms with Crippen molar-refractivity contribution in [2.45, 2.75) is 54.9 Å². The molecule has 0 saturated heterocycles. The molecule has 0 aromatic heterocycles. The van der Waals surface area contributed by atoms with Gasteiger partial charge in [0.05, 0.1) is 0 Å². The maximum Gasteiger partial charge on any atom is -0.0186 e. The zero-order valence-corrected chi connectivity index (χ0v) is 10.5. The lowest BCUT2D eigenvalue weighted by Gasteiger charge is -2.37. The van der Waals surface area contributed by atoms with Crippen molar-refractivity contribution in [1.82, 2.24) is 0 Å². The molecule has 0 nitrogen and oxygen atoms in total. The zero-order chi connectivity index (χ0) is 10.9. The average molecular weight is 182 g/mol. The van der Waals surface area contributed by atoms with Crippen LogP contribution in [0.2, 0.25) is 0 Å². The van der Waals surface area contributed by atoms with E-state index in [9.17, 15) is 0 Å². The second-order valence-electron chi connectivity index (χ2n) is 6.29. The molecule has 1 unspecified atom stereocenters. The van der Waals surface area contributed by atoms with E-state index < -0.39 is 0 Å². The number of allylic oxidation sites excluding steroid dienone is 1. The molecule has 0 heterocycles. The Morgan fingerprint density at radius 3 is 1.77 bits per heavy atom. The molecule has 0 aliphatic heterocycles. The summed E-state index contributed by atoms with van der Waals surface area (Å²) < 4.78 is 0. The maximum atomic E-state index is 4.05. The van der Waals surface area contributed by atoms with Crippen LogP contribution in [0.5, 0.6) is 0 Å². The van der Waals surface area contributed by atoms with E-state index in [0.29, 0.717) is 16.7 Å². The van der Waals surface area contributed by atoms with Gasteiger partial charge in [-0.25, -0.2) is 0 Å². The zero-order valence-electron chi connectivity index (χ0n) is 10.5. The van der Waals surface area contributed by atoms with Gasteiger partial charge in [-0.2, -0.15) is 0 Å². The van der Waals surface area contributed by atoms with E-state index in [0.717, 1.165) is 0 Å². The summed E-state index contributed by atoms with van der Waals surface area (Å²) in [5, 5.41) is 0. The van der Waals surface area contributed by atoms with Gasteiger partial charge in [0.1, 0.15) is 0 Å². The third-order valence-electron chi connectivity index (χ3n) is 2.90. The van der Waals surface area contributed by atoms with E-state index in [1.807, 2.05) is 0 Å². The fourth-order valence-corrected chi connectivity index (χ4v) is 2.19. The van der Waals surface area contributed by atoms with Gasteiger partial charge in [-0.05, 0) is 30.1 Å². The minimum atomic E-state index is 0.365. The van der Waals surface area contributed by atoms with Gasteiger partial charge in [0.2, 0.25) is 0 Å². The molecule has 0 aromatic carbocycles. The smallest absolute Gasteiger partial charge is 0.0186 e. The summed E-state index contributed by atoms with van der Waals surface area (Å²) in [7, 11) is 0. The molecular weight excluding hydrogens is 156 g/mol. The number of rotatable bonds is 3. The van der Waals surface area contributed by atoms with Gasteiger partial charge in [0.25, 0.3) is 0 Å². The van der Waals surface area contributed by atoms with Crippen LogP contribution >= 0.6 is 0 Å². The Morgan fingerprint density at radius 1 is 1.15 bits per heavy atom. The first-order valence-electron chi connectivity index (χ1n) is 5.22. The topological polar surface area (TPSA) is 0 Å². The molecule has 0 rings (SSSR count). The molecular formula is C13H26. The first kappa shape index (κ1) is 12.7. The monoisotopic (exact) mass is 182 g/mol. The van der Waals surface area contributed by atoms with Crippen molar-refractivity contribution in [3.8, 4) is 0 Å². The molecule has 0 spiro atoms. The van der Waals surface area contributed by atoms with Crippen LogP contribution in [0, 0.1) is 16.7 Å². The van der Waals surface area contributed by atoms with Crippen molar-refractivity contribution in [3.05, 3.63) is 12.2 Å². The Bertz CT molecular complexity index is 179. The van der Waals surface area contributed by atoms with Crippen molar-refractivity contribution in [1.29, 1.82) is 0 Å². The van der Waals surface area contributed by atoms with Crippen LogP contribution in [-0.4, -0.2) is 0 Å². The highest BCUT2D eigenvalue weighted by Gasteiger charge is 2.30. The molecule has 78 valence electrons. The Kier molecular flexibility index (Phi) is 3.78. The molecule has 0 aliphatic carbocycles. The van der Waals surface area contributed by atoms with Gasteiger partial charge in [0, 0.05) is 0 Å². The quantitative estimate of drug-likeness (QED) is 0.557. The summed E-state index contributed by atoms with van der Waals surface area (Å²) >= 11 is 0. The van der Waals surface area contributed by atoms with Crippen LogP contribution in [0.15, 0.2) is 12.2 Å². The highest BCUT2D eigenvalue weighted by Crippen LogP contribution is 2.41. The van der Waals surface area contributed by atoms with Gasteiger partial charge in [-0.1, -0.05) is 53.7 Å². The van der Waals surface area contributed by atoms with Crippen LogP contribution < -0.4 is 0 Å². The van der Waals surface area contributed by atoms with Crippen molar-refractivity contribution in [3.63, 3.8) is 0 Å². The molecule has 0 amide bonds. The van der Waals surface area contributed by atoms with E-state index in [1.165, 1.54) is 12.0 Å². The predicted molar refractivity (Wildman–Crippen MR) is 61.8 cm³/mol. The lowest BCUT2D eigenvalue weighted by molar-refractivity contribution is 0.161. The first-order valence-corrected chi connectivity index (χ1v) is 5.22. The fourth-order valence-electron chi connectivity index (χ4n) is 2.19. The normalized spacial score (nSPS) is 15.6. The van der Waals surface area contributed by atoms with Crippen molar-refractivity contribution in [2.75, 3.05) is 0 Å². The molecule has 0 bridgehead atoms. The van der Waals surface area contributed by atoms with E-state index >= 15 is 0 Å². The molecule has 0 aliphatic rings. The van der Waals surface area contributed by atoms with Gasteiger partial charge in [-0.15, -0.1) is 0 Å². The molecule has 0 N–H and O–H groups in total. The van der Waals surface area contributed by atoms with Crippen LogP contribution in [0.3, 0.4) is 0 Å². The summed E-state index contributed by atoms with van der Waals surface area (Å²) in [6, 6.07) is 0. The summed E-state index contributed by atoms with van der Waals surface area (Å²) in [5.41, 5.74) is 2.08. The number of hydrogen-bond acceptors (Lipinski definition) is 0. The molecule has 0 aromatic rings. The van der Waals surface area contributed by atoms with Gasteiger partial charge in [0.15, 0.2) is 0 Å². The fraction of sp³-hybridized carbons (Fsp3) is 0.846. The molecule has 0 fully saturated rings. The lowest BCUT2D eigenvalue weighted by atomic mass is 9.68. The lowest BCUT2D eigenvalue weighted by Crippen LogP contribution is -2.27. The third-order valence-corrected chi connectivity index (χ3v) is 2.90. The minimum absolute atomic E-state index is 0.365. The molecule has 13 heavy (non-hydrogen) atoms. The van der Waals surface area contributed by atoms with Crippen molar-refractivity contribution < 1.29 is 0 Å². The van der Waals surface area contributed by atoms with E-state index in [1.54, 1.807) is 0 Å². The van der Waals surface area contributed by atoms with Gasteiger partial charge < -0.3 is 0 Å². The van der Waals surface area contributed by atoms with Crippen LogP contribution in [-0.2, 0) is 0 Å². The molecule has 0 radical (unpaired) electrons. The molecule has 0 heteroatoms. The summed E-state index contributed by atoms with van der Waals surface area (Å²) in [6.07, 6.45) is 1.24. The molecule has 1 atom stereocenters. The predicted octanol–water partition coefficient (Wildman–Crippen LogP) is 4.66. The van der Waals surface area contributed by atoms with E-state index in [4.69, 9.17) is 0 Å². The Hall–Kier alpha value is -0.260. The molecule has 0 saturated carbocycles. The summed E-state index contributed by atoms with van der Waals surface area (Å²) in [6.45, 7) is 20.1. The summed E-state index contributed by atoms with van der Waals surface area (Å²) in [4.78, 5) is 0. The van der Waals surface area contributed by atoms with Gasteiger partial charge in [-0.3, -0.25) is 0 Å². The van der Waals surface area contributed by atoms with Crippen LogP contribution in [0.25, 0.3) is 0 Å². The Balaban J connectivity index is 4.48. The Morgan fingerprint density at radius 2 is 1.54 bits per heavy atom. The Labute approximate surface area is 84.4 Å². The van der Waals surface area contributed by atoms with Crippen molar-refractivity contribution >= 4 is 0 Å². The van der Waals surface area contributed by atoms with E-state index in [2.05, 4.69) is 55.0 Å². The van der Waals surface area contributed by atoms with Gasteiger partial charge >= 0.3 is 0 Å². The van der Waals surface area contributed by atoms with Crippen LogP contribution in [0.4, 0.5) is 0 Å². The third kappa shape index (κ3) is 4.50. The second kappa shape index (κ2) is 3.86. The van der Waals surface area contributed by atoms with Crippen molar-refractivity contribution in [2.24, 2.45) is 16.7 Å². The summed E-state index contributed by atoms with van der Waals surface area (Å²) in [5.74, 6) is 0.603. The first-order chi connectivity index (χ1) is 5.56. The number of hydrogen-bond donors (Lipinski definition) is 0. The standard InChI is InChI=1S/C13H26/c1-10(2)11(3)13(7,8)9-12(4,5)6/h11H,1,9H2,2-8H3. The average Bonchev–Trinajstić information content (AvgIpc) is 1.80. The highest BCUT2D eigenvalue weighted by molar-refractivity contribution is 5.01. The largest absolute Gasteiger partial charge is 0.0999 e. The minimum Gasteiger partial charge on any atom is -0.0999 e. The van der Waals surface area contributed by atoms with E-state index in [-0.39, 0.29) is 0 Å². The SMILES string of the molecule is C=C(C)C(C)C(C)(C)CC(C)(C)C.